The van der Waals surface area contributed by atoms with Crippen LogP contribution >= 0.6 is 15.9 Å². The second-order valence-electron chi connectivity index (χ2n) is 9.37. The van der Waals surface area contributed by atoms with Gasteiger partial charge in [-0.1, -0.05) is 34.1 Å². The average Bonchev–Trinajstić information content (AvgIpc) is 3.32. The maximum absolute atomic E-state index is 13.2. The van der Waals surface area contributed by atoms with Crippen molar-refractivity contribution in [1.29, 1.82) is 0 Å². The number of carbonyl (C=O) groups excluding carboxylic acids is 2. The summed E-state index contributed by atoms with van der Waals surface area (Å²) in [5.41, 5.74) is 12.0. The second kappa shape index (κ2) is 11.6. The highest BCUT2D eigenvalue weighted by molar-refractivity contribution is 9.10. The summed E-state index contributed by atoms with van der Waals surface area (Å²) in [5, 5.41) is 5.92. The van der Waals surface area contributed by atoms with Crippen LogP contribution in [0.4, 0.5) is 21.9 Å². The summed E-state index contributed by atoms with van der Waals surface area (Å²) < 4.78 is 0.832. The predicted molar refractivity (Wildman–Crippen MR) is 149 cm³/mol. The zero-order chi connectivity index (χ0) is 25.7. The van der Waals surface area contributed by atoms with Crippen LogP contribution in [0.25, 0.3) is 0 Å². The molecule has 0 radical (unpaired) electrons. The molecule has 3 aromatic rings. The van der Waals surface area contributed by atoms with Gasteiger partial charge in [0.05, 0.1) is 11.4 Å². The second-order valence-corrected chi connectivity index (χ2v) is 10.3. The molecular weight excluding hydrogens is 518 g/mol. The van der Waals surface area contributed by atoms with Crippen molar-refractivity contribution >= 4 is 44.9 Å². The van der Waals surface area contributed by atoms with E-state index < -0.39 is 0 Å². The van der Waals surface area contributed by atoms with Crippen LogP contribution in [0.15, 0.2) is 65.1 Å². The molecule has 0 aromatic heterocycles. The van der Waals surface area contributed by atoms with Gasteiger partial charge in [0, 0.05) is 35.4 Å². The summed E-state index contributed by atoms with van der Waals surface area (Å²) in [6, 6.07) is 18.7. The molecule has 0 atom stereocenters. The zero-order valence-electron chi connectivity index (χ0n) is 20.7. The molecule has 7 nitrogen and oxygen atoms in total. The summed E-state index contributed by atoms with van der Waals surface area (Å²) >= 11 is 3.39. The molecule has 0 unspecified atom stereocenters. The lowest BCUT2D eigenvalue weighted by Gasteiger charge is -2.25. The minimum atomic E-state index is -0.245. The third-order valence-corrected chi connectivity index (χ3v) is 6.80. The van der Waals surface area contributed by atoms with Crippen LogP contribution in [0.5, 0.6) is 0 Å². The highest BCUT2D eigenvalue weighted by Gasteiger charge is 2.17. The third kappa shape index (κ3) is 6.65. The molecule has 3 aromatic carbocycles. The fraction of sp³-hybridized carbons (Fsp3) is 0.286. The molecule has 4 N–H and O–H groups in total. The number of nitrogens with two attached hydrogens (primary N) is 1. The number of likely N-dealkylation sites (N-methyl/N-ethyl adjacent to an activating group) is 1. The van der Waals surface area contributed by atoms with E-state index in [0.29, 0.717) is 30.0 Å². The molecule has 3 amide bonds. The predicted octanol–water partition coefficient (Wildman–Crippen LogP) is 5.37. The van der Waals surface area contributed by atoms with Gasteiger partial charge in [-0.2, -0.15) is 0 Å². The number of nitrogens with one attached hydrogen (secondary N) is 2. The van der Waals surface area contributed by atoms with E-state index in [1.165, 1.54) is 17.5 Å². The Labute approximate surface area is 220 Å². The van der Waals surface area contributed by atoms with Gasteiger partial charge in [-0.3, -0.25) is 4.79 Å². The summed E-state index contributed by atoms with van der Waals surface area (Å²) in [6.07, 6.45) is 3.35. The van der Waals surface area contributed by atoms with Crippen LogP contribution in [-0.4, -0.2) is 48.9 Å². The van der Waals surface area contributed by atoms with Crippen LogP contribution in [0.3, 0.4) is 0 Å². The standard InChI is InChI=1S/C28H32BrN5O2/c1-33(2)14-15-34(28(36)31-24-12-10-20-4-3-5-22(20)16-24)18-19-6-8-21(9-7-19)27(35)32-26-17-23(29)11-13-25(26)30/h6-13,16-17H,3-5,14-15,18,30H2,1-2H3,(H,31,36)(H,32,35). The van der Waals surface area contributed by atoms with Gasteiger partial charge in [0.25, 0.3) is 5.91 Å². The Balaban J connectivity index is 1.42. The van der Waals surface area contributed by atoms with Gasteiger partial charge in [0.2, 0.25) is 0 Å². The maximum atomic E-state index is 13.2. The number of rotatable bonds is 8. The molecule has 8 heteroatoms. The SMILES string of the molecule is CN(C)CCN(Cc1ccc(C(=O)Nc2cc(Br)ccc2N)cc1)C(=O)Nc1ccc2c(c1)CCC2. The van der Waals surface area contributed by atoms with Crippen molar-refractivity contribution < 1.29 is 9.59 Å². The number of urea groups is 1. The maximum Gasteiger partial charge on any atom is 0.322 e. The lowest BCUT2D eigenvalue weighted by molar-refractivity contribution is 0.102. The topological polar surface area (TPSA) is 90.7 Å². The number of halogens is 1. The largest absolute Gasteiger partial charge is 0.397 e. The Morgan fingerprint density at radius 2 is 1.67 bits per heavy atom. The minimum Gasteiger partial charge on any atom is -0.397 e. The average molecular weight is 551 g/mol. The first-order valence-corrected chi connectivity index (χ1v) is 12.9. The number of fused-ring (bicyclic) bond motifs is 1. The van der Waals surface area contributed by atoms with Crippen LogP contribution < -0.4 is 16.4 Å². The summed E-state index contributed by atoms with van der Waals surface area (Å²) in [5.74, 6) is -0.245. The van der Waals surface area contributed by atoms with E-state index in [2.05, 4.69) is 43.6 Å². The Morgan fingerprint density at radius 3 is 2.42 bits per heavy atom. The number of carbonyl (C=O) groups is 2. The summed E-state index contributed by atoms with van der Waals surface area (Å²) in [6.45, 7) is 1.76. The van der Waals surface area contributed by atoms with Crippen LogP contribution in [-0.2, 0) is 19.4 Å². The molecule has 1 aliphatic rings. The first-order valence-electron chi connectivity index (χ1n) is 12.1. The number of hydrogen-bond acceptors (Lipinski definition) is 4. The number of nitrogens with zero attached hydrogens (tertiary/aromatic N) is 2. The molecule has 0 bridgehead atoms. The van der Waals surface area contributed by atoms with Gasteiger partial charge in [-0.15, -0.1) is 0 Å². The molecule has 0 saturated heterocycles. The highest BCUT2D eigenvalue weighted by atomic mass is 79.9. The van der Waals surface area contributed by atoms with E-state index in [9.17, 15) is 9.59 Å². The molecule has 0 saturated carbocycles. The Kier molecular flexibility index (Phi) is 8.28. The lowest BCUT2D eigenvalue weighted by atomic mass is 10.1. The summed E-state index contributed by atoms with van der Waals surface area (Å²) in [4.78, 5) is 29.8. The molecule has 36 heavy (non-hydrogen) atoms. The van der Waals surface area contributed by atoms with Gasteiger partial charge >= 0.3 is 6.03 Å². The van der Waals surface area contributed by atoms with Crippen molar-refractivity contribution in [3.05, 3.63) is 87.4 Å². The third-order valence-electron chi connectivity index (χ3n) is 6.31. The molecule has 188 valence electrons. The number of anilines is 3. The van der Waals surface area contributed by atoms with E-state index in [-0.39, 0.29) is 11.9 Å². The van der Waals surface area contributed by atoms with E-state index in [0.717, 1.165) is 35.1 Å². The highest BCUT2D eigenvalue weighted by Crippen LogP contribution is 2.26. The van der Waals surface area contributed by atoms with Crippen LogP contribution in [0.1, 0.15) is 33.5 Å². The minimum absolute atomic E-state index is 0.137. The van der Waals surface area contributed by atoms with Crippen molar-refractivity contribution in [1.82, 2.24) is 9.80 Å². The van der Waals surface area contributed by atoms with Crippen LogP contribution in [0, 0.1) is 0 Å². The van der Waals surface area contributed by atoms with Crippen molar-refractivity contribution in [3.63, 3.8) is 0 Å². The number of nitrogen functional groups attached to an aromatic ring is 1. The normalized spacial score (nSPS) is 12.3. The Morgan fingerprint density at radius 1 is 0.917 bits per heavy atom. The molecule has 0 fully saturated rings. The molecule has 0 spiro atoms. The number of hydrogen-bond donors (Lipinski definition) is 3. The number of benzene rings is 3. The fourth-order valence-corrected chi connectivity index (χ4v) is 4.60. The molecule has 0 heterocycles. The summed E-state index contributed by atoms with van der Waals surface area (Å²) in [7, 11) is 3.98. The van der Waals surface area contributed by atoms with Crippen molar-refractivity contribution in [2.75, 3.05) is 43.6 Å². The zero-order valence-corrected chi connectivity index (χ0v) is 22.3. The first-order chi connectivity index (χ1) is 17.3. The van der Waals surface area contributed by atoms with Gasteiger partial charge in [-0.05, 0) is 92.5 Å². The van der Waals surface area contributed by atoms with Crippen LogP contribution in [0.2, 0.25) is 0 Å². The quantitative estimate of drug-likeness (QED) is 0.329. The van der Waals surface area contributed by atoms with Crippen molar-refractivity contribution in [3.8, 4) is 0 Å². The van der Waals surface area contributed by atoms with E-state index in [1.807, 2.05) is 38.4 Å². The van der Waals surface area contributed by atoms with Crippen molar-refractivity contribution in [2.24, 2.45) is 0 Å². The smallest absolute Gasteiger partial charge is 0.322 e. The van der Waals surface area contributed by atoms with E-state index in [1.54, 1.807) is 29.2 Å². The van der Waals surface area contributed by atoms with Gasteiger partial charge in [0.15, 0.2) is 0 Å². The van der Waals surface area contributed by atoms with Crippen molar-refractivity contribution in [2.45, 2.75) is 25.8 Å². The Hall–Kier alpha value is -3.36. The fourth-order valence-electron chi connectivity index (χ4n) is 4.24. The molecule has 1 aliphatic carbocycles. The molecule has 4 rings (SSSR count). The monoisotopic (exact) mass is 549 g/mol. The molecule has 0 aliphatic heterocycles. The Bertz CT molecular complexity index is 1240. The van der Waals surface area contributed by atoms with Gasteiger partial charge in [0.1, 0.15) is 0 Å². The first kappa shape index (κ1) is 25.7. The molecular formula is C28H32BrN5O2. The number of amides is 3. The van der Waals surface area contributed by atoms with Gasteiger partial charge in [-0.25, -0.2) is 4.79 Å². The van der Waals surface area contributed by atoms with E-state index in [4.69, 9.17) is 5.73 Å². The van der Waals surface area contributed by atoms with Gasteiger partial charge < -0.3 is 26.2 Å². The lowest BCUT2D eigenvalue weighted by Crippen LogP contribution is -2.39. The number of aryl methyl sites for hydroxylation is 2. The van der Waals surface area contributed by atoms with E-state index >= 15 is 0 Å².